The molecule has 0 fully saturated rings. The Morgan fingerprint density at radius 2 is 1.12 bits per heavy atom. The molecule has 0 unspecified atom stereocenters. The molecule has 0 spiro atoms. The predicted octanol–water partition coefficient (Wildman–Crippen LogP) is 3.26. The van der Waals surface area contributed by atoms with Crippen LogP contribution in [0.2, 0.25) is 0 Å². The average molecular weight is 263 g/mol. The van der Waals surface area contributed by atoms with Gasteiger partial charge in [0, 0.05) is 0 Å². The van der Waals surface area contributed by atoms with E-state index in [9.17, 15) is 39.5 Å². The summed E-state index contributed by atoms with van der Waals surface area (Å²) in [6.07, 6.45) is -12.8. The Labute approximate surface area is 83.2 Å². The van der Waals surface area contributed by atoms with E-state index in [-0.39, 0.29) is 0 Å². The van der Waals surface area contributed by atoms with Crippen molar-refractivity contribution in [2.75, 3.05) is 6.61 Å². The lowest BCUT2D eigenvalue weighted by atomic mass is 10.1. The summed E-state index contributed by atoms with van der Waals surface area (Å²) >= 11 is 0. The summed E-state index contributed by atoms with van der Waals surface area (Å²) in [7, 11) is 0. The van der Waals surface area contributed by atoms with E-state index in [1.54, 1.807) is 0 Å². The molecule has 0 saturated heterocycles. The summed E-state index contributed by atoms with van der Waals surface area (Å²) in [6.45, 7) is 1.06. The minimum atomic E-state index is -6.92. The van der Waals surface area contributed by atoms with Crippen LogP contribution in [-0.2, 0) is 4.74 Å². The maximum atomic E-state index is 12.3. The number of rotatable bonds is 4. The summed E-state index contributed by atoms with van der Waals surface area (Å²) in [4.78, 5) is 0. The monoisotopic (exact) mass is 263 g/mol. The van der Waals surface area contributed by atoms with Gasteiger partial charge < -0.3 is 4.74 Å². The lowest BCUT2D eigenvalue weighted by Gasteiger charge is -2.32. The van der Waals surface area contributed by atoms with Gasteiger partial charge in [0.15, 0.2) is 0 Å². The molecule has 0 rings (SSSR count). The summed E-state index contributed by atoms with van der Waals surface area (Å²) in [5.74, 6) is -13.6. The highest BCUT2D eigenvalue weighted by Crippen LogP contribution is 2.53. The van der Waals surface area contributed by atoms with Gasteiger partial charge in [-0.1, -0.05) is 0 Å². The van der Waals surface area contributed by atoms with Crippen molar-refractivity contribution < 1.29 is 44.3 Å². The van der Waals surface area contributed by atoms with Gasteiger partial charge in [0.1, 0.15) is 0 Å². The minimum absolute atomic E-state index is 1.41. The zero-order valence-corrected chi connectivity index (χ0v) is 7.22. The number of alkyl halides is 9. The Balaban J connectivity index is 5.34. The first kappa shape index (κ1) is 15.3. The van der Waals surface area contributed by atoms with Crippen LogP contribution in [0.25, 0.3) is 0 Å². The summed E-state index contributed by atoms with van der Waals surface area (Å²) < 4.78 is 110. The Bertz CT molecular complexity index is 243. The molecule has 0 aliphatic carbocycles. The van der Waals surface area contributed by atoms with Gasteiger partial charge in [-0.15, -0.1) is 0 Å². The van der Waals surface area contributed by atoms with E-state index in [2.05, 4.69) is 11.7 Å². The van der Waals surface area contributed by atoms with Gasteiger partial charge in [0.2, 0.25) is 0 Å². The van der Waals surface area contributed by atoms with Gasteiger partial charge in [-0.2, -0.15) is 39.5 Å². The molecule has 97 valence electrons. The first-order valence-corrected chi connectivity index (χ1v) is 3.44. The van der Waals surface area contributed by atoms with Crippen LogP contribution < -0.4 is 0 Å². The first-order chi connectivity index (χ1) is 6.81. The van der Waals surface area contributed by atoms with Crippen LogP contribution >= 0.6 is 0 Å². The summed E-state index contributed by atoms with van der Waals surface area (Å²) in [5, 5.41) is 0. The van der Waals surface area contributed by atoms with Crippen LogP contribution in [0.5, 0.6) is 0 Å². The molecule has 0 aromatic carbocycles. The van der Waals surface area contributed by atoms with E-state index in [0.29, 0.717) is 0 Å². The van der Waals surface area contributed by atoms with Crippen molar-refractivity contribution in [3.63, 3.8) is 0 Å². The van der Waals surface area contributed by atoms with Gasteiger partial charge in [-0.3, -0.25) is 0 Å². The normalized spacial score (nSPS) is 15.4. The molecule has 0 N–H and O–H groups in total. The van der Waals surface area contributed by atoms with Crippen molar-refractivity contribution in [2.24, 2.45) is 0 Å². The zero-order valence-electron chi connectivity index (χ0n) is 7.22. The van der Waals surface area contributed by atoms with Gasteiger partial charge in [-0.25, -0.2) is 0 Å². The van der Waals surface area contributed by atoms with Crippen LogP contribution in [-0.4, -0.2) is 30.7 Å². The SMILES string of the molecule is [CH2]COC(F)(F)C(F)(F)C(F)(F)C(F)(F)F. The lowest BCUT2D eigenvalue weighted by molar-refractivity contribution is -0.442. The third kappa shape index (κ3) is 2.20. The van der Waals surface area contributed by atoms with Crippen molar-refractivity contribution in [1.29, 1.82) is 0 Å². The fourth-order valence-electron chi connectivity index (χ4n) is 0.580. The largest absolute Gasteiger partial charge is 0.460 e. The molecular formula is C6H4F9O. The Kier molecular flexibility index (Phi) is 3.80. The standard InChI is InChI=1S/C6H4F9O/c1-2-16-6(14,15)4(9,10)3(7,8)5(11,12)13/h1-2H2. The number of halogens is 9. The third-order valence-electron chi connectivity index (χ3n) is 1.40. The molecule has 10 heteroatoms. The Morgan fingerprint density at radius 3 is 1.38 bits per heavy atom. The maximum absolute atomic E-state index is 12.3. The summed E-state index contributed by atoms with van der Waals surface area (Å²) in [6, 6.07) is 0. The molecule has 0 saturated carbocycles. The molecule has 0 heterocycles. The minimum Gasteiger partial charge on any atom is -0.316 e. The van der Waals surface area contributed by atoms with Crippen LogP contribution in [0.3, 0.4) is 0 Å². The molecule has 0 aromatic heterocycles. The molecule has 16 heavy (non-hydrogen) atoms. The van der Waals surface area contributed by atoms with Crippen LogP contribution in [0, 0.1) is 6.92 Å². The van der Waals surface area contributed by atoms with Crippen molar-refractivity contribution >= 4 is 0 Å². The summed E-state index contributed by atoms with van der Waals surface area (Å²) in [5.41, 5.74) is 0. The first-order valence-electron chi connectivity index (χ1n) is 3.44. The van der Waals surface area contributed by atoms with Crippen LogP contribution in [0.4, 0.5) is 39.5 Å². The number of ether oxygens (including phenoxy) is 1. The molecular weight excluding hydrogens is 259 g/mol. The third-order valence-corrected chi connectivity index (χ3v) is 1.40. The van der Waals surface area contributed by atoms with E-state index < -0.39 is 30.7 Å². The van der Waals surface area contributed by atoms with Crippen molar-refractivity contribution in [1.82, 2.24) is 0 Å². The van der Waals surface area contributed by atoms with Gasteiger partial charge >= 0.3 is 24.1 Å². The van der Waals surface area contributed by atoms with Crippen LogP contribution in [0.15, 0.2) is 0 Å². The average Bonchev–Trinajstić information content (AvgIpc) is 2.01. The van der Waals surface area contributed by atoms with Crippen LogP contribution in [0.1, 0.15) is 0 Å². The van der Waals surface area contributed by atoms with E-state index in [4.69, 9.17) is 0 Å². The smallest absolute Gasteiger partial charge is 0.316 e. The van der Waals surface area contributed by atoms with E-state index in [1.807, 2.05) is 0 Å². The molecule has 0 amide bonds. The van der Waals surface area contributed by atoms with Crippen molar-refractivity contribution in [2.45, 2.75) is 24.1 Å². The predicted molar refractivity (Wildman–Crippen MR) is 32.2 cm³/mol. The number of hydrogen-bond acceptors (Lipinski definition) is 1. The zero-order chi connectivity index (χ0) is 13.4. The highest BCUT2D eigenvalue weighted by atomic mass is 19.4. The number of hydrogen-bond donors (Lipinski definition) is 0. The molecule has 1 radical (unpaired) electrons. The second kappa shape index (κ2) is 3.97. The van der Waals surface area contributed by atoms with E-state index >= 15 is 0 Å². The Morgan fingerprint density at radius 1 is 0.750 bits per heavy atom. The van der Waals surface area contributed by atoms with Crippen molar-refractivity contribution in [3.8, 4) is 0 Å². The van der Waals surface area contributed by atoms with Gasteiger partial charge in [0.05, 0.1) is 6.61 Å². The molecule has 1 nitrogen and oxygen atoms in total. The second-order valence-electron chi connectivity index (χ2n) is 2.51. The highest BCUT2D eigenvalue weighted by Gasteiger charge is 2.82. The fourth-order valence-corrected chi connectivity index (χ4v) is 0.580. The van der Waals surface area contributed by atoms with Crippen molar-refractivity contribution in [3.05, 3.63) is 6.92 Å². The molecule has 0 aliphatic heterocycles. The Hall–Kier alpha value is -0.670. The molecule has 0 aliphatic rings. The van der Waals surface area contributed by atoms with E-state index in [1.165, 1.54) is 0 Å². The molecule has 0 aromatic rings. The van der Waals surface area contributed by atoms with E-state index in [0.717, 1.165) is 0 Å². The fraction of sp³-hybridized carbons (Fsp3) is 0.833. The quantitative estimate of drug-likeness (QED) is 0.707. The second-order valence-corrected chi connectivity index (χ2v) is 2.51. The van der Waals surface area contributed by atoms with Gasteiger partial charge in [-0.05, 0) is 6.92 Å². The maximum Gasteiger partial charge on any atom is 0.460 e. The molecule has 0 bridgehead atoms. The lowest BCUT2D eigenvalue weighted by Crippen LogP contribution is -2.61. The highest BCUT2D eigenvalue weighted by molar-refractivity contribution is 4.96. The topological polar surface area (TPSA) is 9.23 Å². The van der Waals surface area contributed by atoms with Gasteiger partial charge in [0.25, 0.3) is 0 Å². The molecule has 0 atom stereocenters.